The summed E-state index contributed by atoms with van der Waals surface area (Å²) < 4.78 is 2.73. The Kier molecular flexibility index (Phi) is 2.71. The third kappa shape index (κ3) is 1.90. The summed E-state index contributed by atoms with van der Waals surface area (Å²) >= 11 is 0. The summed E-state index contributed by atoms with van der Waals surface area (Å²) in [5.74, 6) is -0.122. The lowest BCUT2D eigenvalue weighted by Gasteiger charge is -1.98. The van der Waals surface area contributed by atoms with Crippen LogP contribution in [-0.4, -0.2) is 35.6 Å². The van der Waals surface area contributed by atoms with Gasteiger partial charge in [0.05, 0.1) is 18.9 Å². The van der Waals surface area contributed by atoms with Crippen LogP contribution >= 0.6 is 0 Å². The minimum Gasteiger partial charge on any atom is -0.358 e. The van der Waals surface area contributed by atoms with E-state index >= 15 is 0 Å². The van der Waals surface area contributed by atoms with E-state index in [1.807, 2.05) is 0 Å². The van der Waals surface area contributed by atoms with E-state index in [2.05, 4.69) is 15.3 Å². The van der Waals surface area contributed by atoms with Crippen molar-refractivity contribution in [3.63, 3.8) is 0 Å². The SMILES string of the molecule is O=Cc1cn(Cc2nc3ccccn3c2[N+](=O)[O-])nn1. The molecule has 0 aliphatic heterocycles. The molecule has 0 saturated carbocycles. The first-order chi connectivity index (χ1) is 9.69. The molecule has 0 atom stereocenters. The number of aromatic nitrogens is 5. The Balaban J connectivity index is 2.08. The summed E-state index contributed by atoms with van der Waals surface area (Å²) in [6.45, 7) is 0.0683. The fraction of sp³-hybridized carbons (Fsp3) is 0.0909. The number of nitro groups is 1. The summed E-state index contributed by atoms with van der Waals surface area (Å²) in [5.41, 5.74) is 0.893. The summed E-state index contributed by atoms with van der Waals surface area (Å²) in [6.07, 6.45) is 3.53. The van der Waals surface area contributed by atoms with E-state index in [1.165, 1.54) is 15.3 Å². The van der Waals surface area contributed by atoms with Crippen molar-refractivity contribution in [3.05, 3.63) is 52.1 Å². The molecular weight excluding hydrogens is 264 g/mol. The molecule has 0 amide bonds. The lowest BCUT2D eigenvalue weighted by molar-refractivity contribution is -0.391. The van der Waals surface area contributed by atoms with Gasteiger partial charge in [0.2, 0.25) is 5.65 Å². The minimum absolute atomic E-state index is 0.0683. The van der Waals surface area contributed by atoms with E-state index in [-0.39, 0.29) is 23.8 Å². The molecule has 3 aromatic heterocycles. The largest absolute Gasteiger partial charge is 0.358 e. The molecule has 0 N–H and O–H groups in total. The minimum atomic E-state index is -0.493. The molecule has 0 aliphatic rings. The topological polar surface area (TPSA) is 108 Å². The van der Waals surface area contributed by atoms with E-state index in [0.717, 1.165) is 0 Å². The number of fused-ring (bicyclic) bond motifs is 1. The maximum atomic E-state index is 11.2. The van der Waals surface area contributed by atoms with Gasteiger partial charge in [-0.2, -0.15) is 4.40 Å². The summed E-state index contributed by atoms with van der Waals surface area (Å²) in [5, 5.41) is 18.5. The Morgan fingerprint density at radius 2 is 2.25 bits per heavy atom. The molecule has 20 heavy (non-hydrogen) atoms. The third-order valence-corrected chi connectivity index (χ3v) is 2.74. The van der Waals surface area contributed by atoms with Crippen molar-refractivity contribution in [2.75, 3.05) is 0 Å². The first kappa shape index (κ1) is 12.0. The van der Waals surface area contributed by atoms with Crippen LogP contribution in [0.15, 0.2) is 30.6 Å². The molecule has 9 heteroatoms. The lowest BCUT2D eigenvalue weighted by Crippen LogP contribution is -2.04. The Bertz CT molecular complexity index is 805. The van der Waals surface area contributed by atoms with E-state index in [1.54, 1.807) is 24.4 Å². The molecule has 3 aromatic rings. The number of rotatable bonds is 4. The zero-order chi connectivity index (χ0) is 14.1. The summed E-state index contributed by atoms with van der Waals surface area (Å²) in [4.78, 5) is 25.5. The van der Waals surface area contributed by atoms with Crippen molar-refractivity contribution in [2.45, 2.75) is 6.54 Å². The zero-order valence-electron chi connectivity index (χ0n) is 10.1. The molecular formula is C11H8N6O3. The molecule has 0 saturated heterocycles. The van der Waals surface area contributed by atoms with Crippen molar-refractivity contribution in [1.82, 2.24) is 24.4 Å². The zero-order valence-corrected chi connectivity index (χ0v) is 10.1. The van der Waals surface area contributed by atoms with Crippen molar-refractivity contribution < 1.29 is 9.72 Å². The normalized spacial score (nSPS) is 10.8. The van der Waals surface area contributed by atoms with Gasteiger partial charge < -0.3 is 10.1 Å². The number of aldehydes is 1. The molecule has 0 bridgehead atoms. The predicted octanol–water partition coefficient (Wildman–Crippen LogP) is 0.695. The van der Waals surface area contributed by atoms with Crippen LogP contribution in [0.3, 0.4) is 0 Å². The highest BCUT2D eigenvalue weighted by molar-refractivity contribution is 5.70. The van der Waals surface area contributed by atoms with Gasteiger partial charge in [-0.3, -0.25) is 4.79 Å². The van der Waals surface area contributed by atoms with Gasteiger partial charge in [0.25, 0.3) is 0 Å². The Hall–Kier alpha value is -3.10. The monoisotopic (exact) mass is 272 g/mol. The Labute approximate surface area is 111 Å². The van der Waals surface area contributed by atoms with Crippen LogP contribution in [0.25, 0.3) is 5.65 Å². The number of hydrogen-bond acceptors (Lipinski definition) is 6. The van der Waals surface area contributed by atoms with Gasteiger partial charge in [-0.05, 0) is 11.0 Å². The van der Waals surface area contributed by atoms with Crippen molar-refractivity contribution in [3.8, 4) is 0 Å². The molecule has 3 heterocycles. The van der Waals surface area contributed by atoms with Crippen LogP contribution in [0.4, 0.5) is 5.82 Å². The number of hydrogen-bond donors (Lipinski definition) is 0. The van der Waals surface area contributed by atoms with E-state index in [4.69, 9.17) is 0 Å². The molecule has 9 nitrogen and oxygen atoms in total. The molecule has 3 rings (SSSR count). The first-order valence-corrected chi connectivity index (χ1v) is 5.64. The molecule has 0 spiro atoms. The number of carbonyl (C=O) groups excluding carboxylic acids is 1. The van der Waals surface area contributed by atoms with Gasteiger partial charge in [0.1, 0.15) is 5.69 Å². The van der Waals surface area contributed by atoms with Crippen LogP contribution in [0.1, 0.15) is 16.2 Å². The summed E-state index contributed by atoms with van der Waals surface area (Å²) in [6, 6.07) is 5.11. The maximum absolute atomic E-state index is 11.2. The van der Waals surface area contributed by atoms with Crippen molar-refractivity contribution in [1.29, 1.82) is 0 Å². The van der Waals surface area contributed by atoms with Gasteiger partial charge in [0, 0.05) is 6.07 Å². The van der Waals surface area contributed by atoms with Gasteiger partial charge in [-0.15, -0.1) is 5.10 Å². The van der Waals surface area contributed by atoms with Crippen LogP contribution in [0.2, 0.25) is 0 Å². The third-order valence-electron chi connectivity index (χ3n) is 2.74. The van der Waals surface area contributed by atoms with Crippen LogP contribution < -0.4 is 0 Å². The highest BCUT2D eigenvalue weighted by atomic mass is 16.6. The fourth-order valence-electron chi connectivity index (χ4n) is 1.93. The second-order valence-electron chi connectivity index (χ2n) is 4.03. The standard InChI is InChI=1S/C11H8N6O3/c18-7-8-5-15(14-13-8)6-9-11(17(19)20)16-4-2-1-3-10(16)12-9/h1-5,7H,6H2. The second-order valence-corrected chi connectivity index (χ2v) is 4.03. The van der Waals surface area contributed by atoms with E-state index in [0.29, 0.717) is 11.9 Å². The lowest BCUT2D eigenvalue weighted by atomic mass is 10.4. The molecule has 0 unspecified atom stereocenters. The fourth-order valence-corrected chi connectivity index (χ4v) is 1.93. The average Bonchev–Trinajstić information content (AvgIpc) is 3.02. The predicted molar refractivity (Wildman–Crippen MR) is 66.4 cm³/mol. The average molecular weight is 272 g/mol. The molecule has 0 fully saturated rings. The number of carbonyl (C=O) groups is 1. The number of imidazole rings is 1. The molecule has 0 aliphatic carbocycles. The van der Waals surface area contributed by atoms with E-state index in [9.17, 15) is 14.9 Å². The van der Waals surface area contributed by atoms with Crippen LogP contribution in [-0.2, 0) is 6.54 Å². The highest BCUT2D eigenvalue weighted by Gasteiger charge is 2.22. The number of pyridine rings is 1. The number of nitrogens with zero attached hydrogens (tertiary/aromatic N) is 6. The Morgan fingerprint density at radius 1 is 1.40 bits per heavy atom. The van der Waals surface area contributed by atoms with Crippen LogP contribution in [0.5, 0.6) is 0 Å². The second kappa shape index (κ2) is 4.53. The Morgan fingerprint density at radius 3 is 2.95 bits per heavy atom. The van der Waals surface area contributed by atoms with Crippen LogP contribution in [0, 0.1) is 10.1 Å². The smallest absolute Gasteiger partial charge is 0.353 e. The highest BCUT2D eigenvalue weighted by Crippen LogP contribution is 2.21. The first-order valence-electron chi connectivity index (χ1n) is 5.64. The molecule has 0 radical (unpaired) electrons. The molecule has 0 aromatic carbocycles. The summed E-state index contributed by atoms with van der Waals surface area (Å²) in [7, 11) is 0. The van der Waals surface area contributed by atoms with E-state index < -0.39 is 4.92 Å². The maximum Gasteiger partial charge on any atom is 0.353 e. The van der Waals surface area contributed by atoms with Gasteiger partial charge in [0.15, 0.2) is 12.0 Å². The van der Waals surface area contributed by atoms with Crippen molar-refractivity contribution >= 4 is 17.8 Å². The van der Waals surface area contributed by atoms with Gasteiger partial charge >= 0.3 is 5.82 Å². The van der Waals surface area contributed by atoms with Gasteiger partial charge in [-0.1, -0.05) is 11.3 Å². The molecule has 100 valence electrons. The quantitative estimate of drug-likeness (QED) is 0.393. The van der Waals surface area contributed by atoms with Gasteiger partial charge in [-0.25, -0.2) is 9.67 Å². The van der Waals surface area contributed by atoms with Crippen molar-refractivity contribution in [2.24, 2.45) is 0 Å².